The van der Waals surface area contributed by atoms with Crippen LogP contribution in [0.1, 0.15) is 47.1 Å². The van der Waals surface area contributed by atoms with Crippen LogP contribution in [0, 0.1) is 13.8 Å². The van der Waals surface area contributed by atoms with Gasteiger partial charge in [0.2, 0.25) is 0 Å². The summed E-state index contributed by atoms with van der Waals surface area (Å²) >= 11 is 0. The molecule has 0 aliphatic heterocycles. The van der Waals surface area contributed by atoms with E-state index in [4.69, 9.17) is 4.74 Å². The average Bonchev–Trinajstić information content (AvgIpc) is 2.87. The van der Waals surface area contributed by atoms with E-state index in [2.05, 4.69) is 31.1 Å². The molecule has 0 saturated carbocycles. The monoisotopic (exact) mass is 286 g/mol. The molecule has 0 spiro atoms. The van der Waals surface area contributed by atoms with Crippen molar-refractivity contribution in [3.63, 3.8) is 0 Å². The lowest BCUT2D eigenvalue weighted by molar-refractivity contribution is 0.0977. The third-order valence-corrected chi connectivity index (χ3v) is 3.67. The molecule has 0 unspecified atom stereocenters. The number of benzene rings is 1. The van der Waals surface area contributed by atoms with E-state index < -0.39 is 0 Å². The lowest BCUT2D eigenvalue weighted by Crippen LogP contribution is -2.15. The number of nitrogens with zero attached hydrogens (tertiary/aromatic N) is 2. The van der Waals surface area contributed by atoms with Crippen LogP contribution in [0.3, 0.4) is 0 Å². The number of aryl methyl sites for hydroxylation is 2. The minimum atomic E-state index is 0.0290. The summed E-state index contributed by atoms with van der Waals surface area (Å²) in [5, 5.41) is 4.25. The molecule has 1 aromatic heterocycles. The highest BCUT2D eigenvalue weighted by Gasteiger charge is 2.21. The first-order chi connectivity index (χ1) is 9.93. The number of ketones is 1. The smallest absolute Gasteiger partial charge is 0.189 e. The Balaban J connectivity index is 2.31. The number of rotatable bonds is 5. The predicted molar refractivity (Wildman–Crippen MR) is 83.1 cm³/mol. The molecule has 0 saturated heterocycles. The second-order valence-corrected chi connectivity index (χ2v) is 5.62. The number of Topliss-reactive ketones (excluding diaryl/α,β-unsaturated/α-hetero) is 1. The zero-order chi connectivity index (χ0) is 15.6. The van der Waals surface area contributed by atoms with Gasteiger partial charge < -0.3 is 4.74 Å². The van der Waals surface area contributed by atoms with Crippen molar-refractivity contribution in [2.75, 3.05) is 7.11 Å². The molecule has 112 valence electrons. The molecule has 0 bridgehead atoms. The second-order valence-electron chi connectivity index (χ2n) is 5.62. The summed E-state index contributed by atoms with van der Waals surface area (Å²) in [6, 6.07) is 6.24. The van der Waals surface area contributed by atoms with Gasteiger partial charge in [0.1, 0.15) is 5.69 Å². The van der Waals surface area contributed by atoms with Gasteiger partial charge in [-0.25, -0.2) is 0 Å². The summed E-state index contributed by atoms with van der Waals surface area (Å²) in [5.74, 6) is 0.568. The van der Waals surface area contributed by atoms with Crippen LogP contribution in [-0.2, 0) is 6.42 Å². The fourth-order valence-electron chi connectivity index (χ4n) is 2.34. The maximum Gasteiger partial charge on any atom is 0.189 e. The van der Waals surface area contributed by atoms with Crippen LogP contribution in [0.15, 0.2) is 24.4 Å². The van der Waals surface area contributed by atoms with E-state index in [0.717, 1.165) is 5.56 Å². The van der Waals surface area contributed by atoms with E-state index >= 15 is 0 Å². The van der Waals surface area contributed by atoms with Crippen molar-refractivity contribution in [3.05, 3.63) is 46.8 Å². The third-order valence-electron chi connectivity index (χ3n) is 3.67. The topological polar surface area (TPSA) is 44.1 Å². The van der Waals surface area contributed by atoms with Crippen LogP contribution in [0.25, 0.3) is 0 Å². The molecule has 0 radical (unpaired) electrons. The van der Waals surface area contributed by atoms with Crippen LogP contribution >= 0.6 is 0 Å². The Bertz CT molecular complexity index is 657. The third kappa shape index (κ3) is 3.15. The van der Waals surface area contributed by atoms with Gasteiger partial charge in [0.15, 0.2) is 11.5 Å². The maximum absolute atomic E-state index is 12.6. The second kappa shape index (κ2) is 6.12. The average molecular weight is 286 g/mol. The van der Waals surface area contributed by atoms with Gasteiger partial charge in [-0.2, -0.15) is 5.10 Å². The minimum absolute atomic E-state index is 0.0290. The molecule has 2 rings (SSSR count). The molecule has 1 heterocycles. The van der Waals surface area contributed by atoms with Gasteiger partial charge >= 0.3 is 0 Å². The summed E-state index contributed by atoms with van der Waals surface area (Å²) in [6.45, 7) is 8.12. The normalized spacial score (nSPS) is 11.0. The lowest BCUT2D eigenvalue weighted by Gasteiger charge is -2.12. The van der Waals surface area contributed by atoms with Crippen LogP contribution in [-0.4, -0.2) is 22.7 Å². The first-order valence-corrected chi connectivity index (χ1v) is 7.15. The molecule has 0 N–H and O–H groups in total. The van der Waals surface area contributed by atoms with Gasteiger partial charge in [0.25, 0.3) is 0 Å². The van der Waals surface area contributed by atoms with E-state index in [1.54, 1.807) is 18.0 Å². The highest BCUT2D eigenvalue weighted by molar-refractivity contribution is 5.98. The zero-order valence-corrected chi connectivity index (χ0v) is 13.3. The number of carbonyl (C=O) groups excluding carboxylic acids is 1. The molecule has 21 heavy (non-hydrogen) atoms. The highest BCUT2D eigenvalue weighted by atomic mass is 16.5. The van der Waals surface area contributed by atoms with Crippen molar-refractivity contribution in [2.45, 2.75) is 40.2 Å². The Hall–Kier alpha value is -2.10. The van der Waals surface area contributed by atoms with Gasteiger partial charge in [-0.05, 0) is 44.4 Å². The van der Waals surface area contributed by atoms with E-state index in [-0.39, 0.29) is 11.8 Å². The summed E-state index contributed by atoms with van der Waals surface area (Å²) in [4.78, 5) is 12.6. The number of hydrogen-bond donors (Lipinski definition) is 0. The SMILES string of the molecule is COc1cnn(C(C)C)c1C(=O)Cc1ccc(C)c(C)c1. The predicted octanol–water partition coefficient (Wildman–Crippen LogP) is 3.51. The maximum atomic E-state index is 12.6. The molecule has 0 aliphatic rings. The lowest BCUT2D eigenvalue weighted by atomic mass is 10.0. The molecule has 4 heteroatoms. The van der Waals surface area contributed by atoms with Gasteiger partial charge in [-0.15, -0.1) is 0 Å². The van der Waals surface area contributed by atoms with Crippen LogP contribution < -0.4 is 4.74 Å². The number of aromatic nitrogens is 2. The molecule has 1 aromatic carbocycles. The fraction of sp³-hybridized carbons (Fsp3) is 0.412. The number of ether oxygens (including phenoxy) is 1. The van der Waals surface area contributed by atoms with Crippen molar-refractivity contribution < 1.29 is 9.53 Å². The van der Waals surface area contributed by atoms with Crippen molar-refractivity contribution in [2.24, 2.45) is 0 Å². The first-order valence-electron chi connectivity index (χ1n) is 7.15. The van der Waals surface area contributed by atoms with Crippen molar-refractivity contribution in [3.8, 4) is 5.75 Å². The van der Waals surface area contributed by atoms with Crippen molar-refractivity contribution in [1.82, 2.24) is 9.78 Å². The highest BCUT2D eigenvalue weighted by Crippen LogP contribution is 2.23. The van der Waals surface area contributed by atoms with E-state index in [9.17, 15) is 4.79 Å². The molecule has 0 amide bonds. The van der Waals surface area contributed by atoms with E-state index in [1.807, 2.05) is 19.9 Å². The Kier molecular flexibility index (Phi) is 4.46. The van der Waals surface area contributed by atoms with E-state index in [0.29, 0.717) is 17.9 Å². The number of methoxy groups -OCH3 is 1. The number of hydrogen-bond acceptors (Lipinski definition) is 3. The minimum Gasteiger partial charge on any atom is -0.493 e. The quantitative estimate of drug-likeness (QED) is 0.790. The van der Waals surface area contributed by atoms with Gasteiger partial charge in [0.05, 0.1) is 13.3 Å². The Morgan fingerprint density at radius 1 is 1.29 bits per heavy atom. The first kappa shape index (κ1) is 15.3. The molecule has 2 aromatic rings. The molecule has 0 atom stereocenters. The fourth-order valence-corrected chi connectivity index (χ4v) is 2.34. The van der Waals surface area contributed by atoms with Crippen molar-refractivity contribution >= 4 is 5.78 Å². The van der Waals surface area contributed by atoms with Crippen LogP contribution in [0.5, 0.6) is 5.75 Å². The molecular weight excluding hydrogens is 264 g/mol. The summed E-state index contributed by atoms with van der Waals surface area (Å²) in [7, 11) is 1.56. The number of carbonyl (C=O) groups is 1. The van der Waals surface area contributed by atoms with Gasteiger partial charge in [-0.3, -0.25) is 9.48 Å². The van der Waals surface area contributed by atoms with Crippen LogP contribution in [0.2, 0.25) is 0 Å². The summed E-state index contributed by atoms with van der Waals surface area (Å²) in [6.07, 6.45) is 1.96. The molecule has 4 nitrogen and oxygen atoms in total. The Morgan fingerprint density at radius 3 is 2.57 bits per heavy atom. The Labute approximate surface area is 125 Å². The molecular formula is C17H22N2O2. The van der Waals surface area contributed by atoms with Gasteiger partial charge in [-0.1, -0.05) is 18.2 Å². The summed E-state index contributed by atoms with van der Waals surface area (Å²) in [5.41, 5.74) is 3.99. The van der Waals surface area contributed by atoms with Crippen LogP contribution in [0.4, 0.5) is 0 Å². The zero-order valence-electron chi connectivity index (χ0n) is 13.3. The standard InChI is InChI=1S/C17H22N2O2/c1-11(2)19-17(16(21-5)10-18-19)15(20)9-14-7-6-12(3)13(4)8-14/h6-8,10-11H,9H2,1-5H3. The summed E-state index contributed by atoms with van der Waals surface area (Å²) < 4.78 is 7.00. The Morgan fingerprint density at radius 2 is 2.00 bits per heavy atom. The molecule has 0 aliphatic carbocycles. The van der Waals surface area contributed by atoms with Crippen molar-refractivity contribution in [1.29, 1.82) is 0 Å². The van der Waals surface area contributed by atoms with E-state index in [1.165, 1.54) is 11.1 Å². The van der Waals surface area contributed by atoms with Gasteiger partial charge in [0, 0.05) is 12.5 Å². The largest absolute Gasteiger partial charge is 0.493 e. The molecule has 0 fully saturated rings.